The molecule has 0 radical (unpaired) electrons. The Morgan fingerprint density at radius 3 is 2.54 bits per heavy atom. The summed E-state index contributed by atoms with van der Waals surface area (Å²) in [6.45, 7) is 1.78. The van der Waals surface area contributed by atoms with Gasteiger partial charge in [-0.15, -0.1) is 0 Å². The lowest BCUT2D eigenvalue weighted by Gasteiger charge is -2.08. The summed E-state index contributed by atoms with van der Waals surface area (Å²) in [5.74, 6) is -0.686. The zero-order valence-electron chi connectivity index (χ0n) is 12.7. The number of hydrogen-bond donors (Lipinski definition) is 0. The minimum Gasteiger partial charge on any atom is -0.456 e. The first-order chi connectivity index (χ1) is 11.4. The van der Waals surface area contributed by atoms with Crippen LogP contribution in [0.2, 0.25) is 0 Å². The Hall–Kier alpha value is -2.83. The fourth-order valence-electron chi connectivity index (χ4n) is 2.35. The van der Waals surface area contributed by atoms with Crippen LogP contribution < -0.4 is 0 Å². The van der Waals surface area contributed by atoms with E-state index in [4.69, 9.17) is 4.74 Å². The molecule has 1 aromatic carbocycles. The third kappa shape index (κ3) is 3.10. The van der Waals surface area contributed by atoms with Gasteiger partial charge in [0.05, 0.1) is 22.5 Å². The summed E-state index contributed by atoms with van der Waals surface area (Å²) in [7, 11) is 0. The molecular formula is C17H13F3N2O2. The third-order valence-corrected chi connectivity index (χ3v) is 3.62. The molecular weight excluding hydrogens is 321 g/mol. The molecule has 3 rings (SSSR count). The van der Waals surface area contributed by atoms with Gasteiger partial charge in [-0.1, -0.05) is 6.07 Å². The third-order valence-electron chi connectivity index (χ3n) is 3.62. The molecule has 0 fully saturated rings. The number of rotatable bonds is 3. The monoisotopic (exact) mass is 334 g/mol. The van der Waals surface area contributed by atoms with E-state index in [1.807, 2.05) is 18.2 Å². The van der Waals surface area contributed by atoms with Gasteiger partial charge in [0.25, 0.3) is 0 Å². The summed E-state index contributed by atoms with van der Waals surface area (Å²) < 4.78 is 44.6. The second-order valence-electron chi connectivity index (χ2n) is 5.22. The number of carbonyl (C=O) groups excluding carboxylic acids is 1. The number of alkyl halides is 3. The minimum absolute atomic E-state index is 0.0170. The van der Waals surface area contributed by atoms with Gasteiger partial charge in [0, 0.05) is 6.20 Å². The van der Waals surface area contributed by atoms with E-state index in [0.717, 1.165) is 35.6 Å². The molecule has 2 aromatic heterocycles. The van der Waals surface area contributed by atoms with E-state index < -0.39 is 17.7 Å². The number of nitrogens with zero attached hydrogens (tertiary/aromatic N) is 2. The number of halogens is 3. The highest BCUT2D eigenvalue weighted by Crippen LogP contribution is 2.29. The quantitative estimate of drug-likeness (QED) is 0.680. The summed E-state index contributed by atoms with van der Waals surface area (Å²) in [5.41, 5.74) is 1.43. The second kappa shape index (κ2) is 5.99. The number of esters is 1. The molecule has 0 N–H and O–H groups in total. The molecule has 0 spiro atoms. The van der Waals surface area contributed by atoms with Crippen LogP contribution >= 0.6 is 0 Å². The molecule has 0 unspecified atom stereocenters. The Kier molecular flexibility index (Phi) is 4.01. The van der Waals surface area contributed by atoms with Crippen LogP contribution in [0.15, 0.2) is 48.7 Å². The summed E-state index contributed by atoms with van der Waals surface area (Å²) >= 11 is 0. The maximum Gasteiger partial charge on any atom is 0.416 e. The maximum absolute atomic E-state index is 12.5. The SMILES string of the molecule is Cc1nc2ccccn2c1COC(=O)c1ccc(C(F)(F)F)cc1. The fraction of sp³-hybridized carbons (Fsp3) is 0.176. The Morgan fingerprint density at radius 1 is 1.17 bits per heavy atom. The minimum atomic E-state index is -4.43. The zero-order chi connectivity index (χ0) is 17.3. The topological polar surface area (TPSA) is 43.6 Å². The number of imidazole rings is 1. The van der Waals surface area contributed by atoms with Crippen molar-refractivity contribution in [2.75, 3.05) is 0 Å². The van der Waals surface area contributed by atoms with Crippen molar-refractivity contribution in [3.8, 4) is 0 Å². The molecule has 3 aromatic rings. The van der Waals surface area contributed by atoms with Gasteiger partial charge in [-0.25, -0.2) is 9.78 Å². The van der Waals surface area contributed by atoms with Gasteiger partial charge in [0.2, 0.25) is 0 Å². The van der Waals surface area contributed by atoms with E-state index in [9.17, 15) is 18.0 Å². The standard InChI is InChI=1S/C17H13F3N2O2/c1-11-14(22-9-3-2-4-15(22)21-11)10-24-16(23)12-5-7-13(8-6-12)17(18,19)20/h2-9H,10H2,1H3. The second-order valence-corrected chi connectivity index (χ2v) is 5.22. The average Bonchev–Trinajstić information content (AvgIpc) is 2.87. The lowest BCUT2D eigenvalue weighted by atomic mass is 10.1. The van der Waals surface area contributed by atoms with Gasteiger partial charge in [-0.05, 0) is 43.3 Å². The first-order valence-corrected chi connectivity index (χ1v) is 7.13. The van der Waals surface area contributed by atoms with Crippen molar-refractivity contribution in [2.24, 2.45) is 0 Å². The van der Waals surface area contributed by atoms with Gasteiger partial charge in [-0.3, -0.25) is 0 Å². The molecule has 0 atom stereocenters. The smallest absolute Gasteiger partial charge is 0.416 e. The van der Waals surface area contributed by atoms with Crippen LogP contribution in [0, 0.1) is 6.92 Å². The van der Waals surface area contributed by atoms with Gasteiger partial charge in [-0.2, -0.15) is 13.2 Å². The van der Waals surface area contributed by atoms with Crippen molar-refractivity contribution in [3.05, 3.63) is 71.2 Å². The predicted molar refractivity (Wildman–Crippen MR) is 80.5 cm³/mol. The summed E-state index contributed by atoms with van der Waals surface area (Å²) in [6, 6.07) is 9.42. The van der Waals surface area contributed by atoms with Gasteiger partial charge in [0.15, 0.2) is 0 Å². The molecule has 0 aliphatic rings. The Balaban J connectivity index is 1.74. The van der Waals surface area contributed by atoms with E-state index in [0.29, 0.717) is 5.69 Å². The Morgan fingerprint density at radius 2 is 1.88 bits per heavy atom. The molecule has 24 heavy (non-hydrogen) atoms. The molecule has 0 saturated carbocycles. The van der Waals surface area contributed by atoms with Crippen LogP contribution in [0.3, 0.4) is 0 Å². The van der Waals surface area contributed by atoms with Crippen LogP contribution in [-0.2, 0) is 17.5 Å². The van der Waals surface area contributed by atoms with Crippen LogP contribution in [-0.4, -0.2) is 15.4 Å². The summed E-state index contributed by atoms with van der Waals surface area (Å²) in [4.78, 5) is 16.4. The lowest BCUT2D eigenvalue weighted by Crippen LogP contribution is -2.09. The van der Waals surface area contributed by atoms with Crippen LogP contribution in [0.1, 0.15) is 27.3 Å². The molecule has 0 amide bonds. The maximum atomic E-state index is 12.5. The molecule has 0 saturated heterocycles. The van der Waals surface area contributed by atoms with E-state index in [1.165, 1.54) is 0 Å². The van der Waals surface area contributed by atoms with Gasteiger partial charge >= 0.3 is 12.1 Å². The lowest BCUT2D eigenvalue weighted by molar-refractivity contribution is -0.137. The van der Waals surface area contributed by atoms with Gasteiger partial charge < -0.3 is 9.14 Å². The highest BCUT2D eigenvalue weighted by atomic mass is 19.4. The number of aryl methyl sites for hydroxylation is 1. The Bertz CT molecular complexity index is 883. The number of benzene rings is 1. The largest absolute Gasteiger partial charge is 0.456 e. The number of carbonyl (C=O) groups is 1. The normalized spacial score (nSPS) is 11.7. The molecule has 0 bridgehead atoms. The molecule has 0 aliphatic heterocycles. The van der Waals surface area contributed by atoms with E-state index in [2.05, 4.69) is 4.98 Å². The summed E-state index contributed by atoms with van der Waals surface area (Å²) in [6.07, 6.45) is -2.63. The highest BCUT2D eigenvalue weighted by molar-refractivity contribution is 5.89. The van der Waals surface area contributed by atoms with Crippen molar-refractivity contribution in [3.63, 3.8) is 0 Å². The number of ether oxygens (including phenoxy) is 1. The zero-order valence-corrected chi connectivity index (χ0v) is 12.7. The van der Waals surface area contributed by atoms with E-state index >= 15 is 0 Å². The first kappa shape index (κ1) is 16.0. The first-order valence-electron chi connectivity index (χ1n) is 7.13. The fourth-order valence-corrected chi connectivity index (χ4v) is 2.35. The van der Waals surface area contributed by atoms with Crippen molar-refractivity contribution in [1.29, 1.82) is 0 Å². The summed E-state index contributed by atoms with van der Waals surface area (Å²) in [5, 5.41) is 0. The molecule has 4 nitrogen and oxygen atoms in total. The van der Waals surface area contributed by atoms with Crippen molar-refractivity contribution >= 4 is 11.6 Å². The van der Waals surface area contributed by atoms with Gasteiger partial charge in [0.1, 0.15) is 12.3 Å². The van der Waals surface area contributed by atoms with Crippen LogP contribution in [0.25, 0.3) is 5.65 Å². The number of hydrogen-bond acceptors (Lipinski definition) is 3. The number of aromatic nitrogens is 2. The molecule has 124 valence electrons. The molecule has 7 heteroatoms. The number of fused-ring (bicyclic) bond motifs is 1. The average molecular weight is 334 g/mol. The highest BCUT2D eigenvalue weighted by Gasteiger charge is 2.30. The molecule has 0 aliphatic carbocycles. The Labute approximate surface area is 135 Å². The molecule has 2 heterocycles. The van der Waals surface area contributed by atoms with Crippen molar-refractivity contribution < 1.29 is 22.7 Å². The van der Waals surface area contributed by atoms with E-state index in [1.54, 1.807) is 17.5 Å². The van der Waals surface area contributed by atoms with Crippen molar-refractivity contribution in [2.45, 2.75) is 19.7 Å². The predicted octanol–water partition coefficient (Wildman–Crippen LogP) is 4.02. The number of pyridine rings is 1. The van der Waals surface area contributed by atoms with Crippen LogP contribution in [0.5, 0.6) is 0 Å². The van der Waals surface area contributed by atoms with E-state index in [-0.39, 0.29) is 12.2 Å². The van der Waals surface area contributed by atoms with Crippen molar-refractivity contribution in [1.82, 2.24) is 9.38 Å². The van der Waals surface area contributed by atoms with Crippen LogP contribution in [0.4, 0.5) is 13.2 Å².